The quantitative estimate of drug-likeness (QED) is 0.762. The molecule has 0 saturated carbocycles. The summed E-state index contributed by atoms with van der Waals surface area (Å²) in [5.74, 6) is -1.63. The van der Waals surface area contributed by atoms with Crippen molar-refractivity contribution in [1.29, 1.82) is 0 Å². The van der Waals surface area contributed by atoms with E-state index in [4.69, 9.17) is 5.73 Å². The van der Waals surface area contributed by atoms with Crippen molar-refractivity contribution in [1.82, 2.24) is 9.55 Å². The second-order valence-corrected chi connectivity index (χ2v) is 2.76. The number of nitrogens with zero attached hydrogens (tertiary/aromatic N) is 2. The number of halogens is 3. The van der Waals surface area contributed by atoms with E-state index in [-0.39, 0.29) is 5.69 Å². The Balaban J connectivity index is 2.98. The largest absolute Gasteiger partial charge is 0.398 e. The van der Waals surface area contributed by atoms with Gasteiger partial charge in [-0.1, -0.05) is 0 Å². The van der Waals surface area contributed by atoms with Gasteiger partial charge in [-0.3, -0.25) is 0 Å². The summed E-state index contributed by atoms with van der Waals surface area (Å²) in [5.41, 5.74) is 5.15. The van der Waals surface area contributed by atoms with Gasteiger partial charge in [0.25, 0.3) is 0 Å². The van der Waals surface area contributed by atoms with Crippen molar-refractivity contribution in [3.63, 3.8) is 0 Å². The normalized spacial score (nSPS) is 14.5. The van der Waals surface area contributed by atoms with Crippen LogP contribution in [0.1, 0.15) is 11.6 Å². The van der Waals surface area contributed by atoms with Gasteiger partial charge in [-0.25, -0.2) is 4.98 Å². The van der Waals surface area contributed by atoms with Gasteiger partial charge in [0.1, 0.15) is 5.92 Å². The fourth-order valence-corrected chi connectivity index (χ4v) is 1.13. The van der Waals surface area contributed by atoms with E-state index in [0.29, 0.717) is 0 Å². The average Bonchev–Trinajstić information content (AvgIpc) is 2.35. The van der Waals surface area contributed by atoms with Crippen LogP contribution in [0.15, 0.2) is 12.5 Å². The van der Waals surface area contributed by atoms with Crippen LogP contribution in [0.3, 0.4) is 0 Å². The first-order valence-corrected chi connectivity index (χ1v) is 3.69. The lowest BCUT2D eigenvalue weighted by atomic mass is 10.1. The molecule has 0 fully saturated rings. The lowest BCUT2D eigenvalue weighted by Crippen LogP contribution is -2.29. The number of alkyl halides is 3. The van der Waals surface area contributed by atoms with Gasteiger partial charge >= 0.3 is 6.18 Å². The van der Waals surface area contributed by atoms with E-state index in [2.05, 4.69) is 4.98 Å². The topological polar surface area (TPSA) is 43.8 Å². The highest BCUT2D eigenvalue weighted by molar-refractivity contribution is 5.09. The molecule has 1 rings (SSSR count). The van der Waals surface area contributed by atoms with Crippen LogP contribution in [0, 0.1) is 0 Å². The van der Waals surface area contributed by atoms with Crippen LogP contribution in [0.2, 0.25) is 0 Å². The second kappa shape index (κ2) is 3.37. The van der Waals surface area contributed by atoms with Gasteiger partial charge in [0.05, 0.1) is 12.0 Å². The summed E-state index contributed by atoms with van der Waals surface area (Å²) in [5, 5.41) is 0. The molecule has 74 valence electrons. The molecule has 1 heterocycles. The maximum absolute atomic E-state index is 12.3. The first kappa shape index (κ1) is 10.0. The number of aromatic nitrogens is 2. The van der Waals surface area contributed by atoms with Gasteiger partial charge < -0.3 is 10.3 Å². The molecule has 0 amide bonds. The maximum Gasteiger partial charge on any atom is 0.398 e. The fraction of sp³-hybridized carbons (Fsp3) is 0.571. The van der Waals surface area contributed by atoms with Crippen molar-refractivity contribution in [3.05, 3.63) is 18.2 Å². The van der Waals surface area contributed by atoms with E-state index < -0.39 is 18.6 Å². The summed E-state index contributed by atoms with van der Waals surface area (Å²) in [6.45, 7) is -0.455. The maximum atomic E-state index is 12.3. The number of hydrogen-bond acceptors (Lipinski definition) is 2. The Kier molecular flexibility index (Phi) is 2.60. The van der Waals surface area contributed by atoms with Crippen molar-refractivity contribution < 1.29 is 13.2 Å². The Morgan fingerprint density at radius 1 is 1.62 bits per heavy atom. The molecule has 1 unspecified atom stereocenters. The van der Waals surface area contributed by atoms with Crippen LogP contribution in [0.4, 0.5) is 13.2 Å². The molecule has 6 heteroatoms. The van der Waals surface area contributed by atoms with Crippen LogP contribution < -0.4 is 5.73 Å². The summed E-state index contributed by atoms with van der Waals surface area (Å²) >= 11 is 0. The van der Waals surface area contributed by atoms with Gasteiger partial charge in [0.15, 0.2) is 0 Å². The molecule has 0 aliphatic carbocycles. The molecule has 0 saturated heterocycles. The van der Waals surface area contributed by atoms with E-state index in [9.17, 15) is 13.2 Å². The molecule has 0 aromatic carbocycles. The lowest BCUT2D eigenvalue weighted by Gasteiger charge is -2.18. The molecule has 0 radical (unpaired) electrons. The zero-order valence-corrected chi connectivity index (χ0v) is 7.04. The van der Waals surface area contributed by atoms with E-state index in [1.54, 1.807) is 0 Å². The molecule has 1 aromatic rings. The summed E-state index contributed by atoms with van der Waals surface area (Å²) in [6.07, 6.45) is -1.79. The molecular weight excluding hydrogens is 183 g/mol. The van der Waals surface area contributed by atoms with E-state index >= 15 is 0 Å². The van der Waals surface area contributed by atoms with Gasteiger partial charge in [-0.15, -0.1) is 0 Å². The minimum atomic E-state index is -4.30. The monoisotopic (exact) mass is 193 g/mol. The number of rotatable bonds is 2. The number of aryl methyl sites for hydroxylation is 1. The predicted octanol–water partition coefficient (Wildman–Crippen LogP) is 1.02. The van der Waals surface area contributed by atoms with Crippen LogP contribution in [0.25, 0.3) is 0 Å². The zero-order valence-electron chi connectivity index (χ0n) is 7.04. The Labute approximate surface area is 73.4 Å². The molecule has 1 aromatic heterocycles. The Hall–Kier alpha value is -1.04. The predicted molar refractivity (Wildman–Crippen MR) is 41.1 cm³/mol. The molecule has 2 N–H and O–H groups in total. The molecule has 13 heavy (non-hydrogen) atoms. The Morgan fingerprint density at radius 3 is 2.54 bits per heavy atom. The van der Waals surface area contributed by atoms with E-state index in [1.807, 2.05) is 0 Å². The Morgan fingerprint density at radius 2 is 2.23 bits per heavy atom. The number of nitrogens with two attached hydrogens (primary N) is 1. The molecular formula is C7H10F3N3. The molecule has 0 bridgehead atoms. The second-order valence-electron chi connectivity index (χ2n) is 2.76. The molecule has 0 aliphatic heterocycles. The van der Waals surface area contributed by atoms with Crippen molar-refractivity contribution in [2.75, 3.05) is 6.54 Å². The van der Waals surface area contributed by atoms with Crippen molar-refractivity contribution in [2.24, 2.45) is 12.8 Å². The van der Waals surface area contributed by atoms with Gasteiger partial charge in [-0.2, -0.15) is 13.2 Å². The van der Waals surface area contributed by atoms with Crippen LogP contribution in [0.5, 0.6) is 0 Å². The minimum absolute atomic E-state index is 0.0926. The van der Waals surface area contributed by atoms with Crippen molar-refractivity contribution in [3.8, 4) is 0 Å². The summed E-state index contributed by atoms with van der Waals surface area (Å²) < 4.78 is 38.4. The minimum Gasteiger partial charge on any atom is -0.337 e. The summed E-state index contributed by atoms with van der Waals surface area (Å²) in [6, 6.07) is 0. The first-order valence-electron chi connectivity index (χ1n) is 3.69. The van der Waals surface area contributed by atoms with Crippen molar-refractivity contribution >= 4 is 0 Å². The van der Waals surface area contributed by atoms with Crippen LogP contribution >= 0.6 is 0 Å². The molecule has 0 aliphatic rings. The lowest BCUT2D eigenvalue weighted by molar-refractivity contribution is -0.149. The van der Waals surface area contributed by atoms with E-state index in [1.165, 1.54) is 24.1 Å². The molecule has 0 spiro atoms. The third kappa shape index (κ3) is 2.00. The SMILES string of the molecule is Cn1cncc1C(CN)C(F)(F)F. The first-order chi connectivity index (χ1) is 5.96. The number of hydrogen-bond donors (Lipinski definition) is 1. The summed E-state index contributed by atoms with van der Waals surface area (Å²) in [7, 11) is 1.51. The smallest absolute Gasteiger partial charge is 0.337 e. The average molecular weight is 193 g/mol. The highest BCUT2D eigenvalue weighted by atomic mass is 19.4. The molecule has 1 atom stereocenters. The number of imidazole rings is 1. The van der Waals surface area contributed by atoms with Gasteiger partial charge in [-0.05, 0) is 0 Å². The zero-order chi connectivity index (χ0) is 10.1. The Bertz CT molecular complexity index is 279. The van der Waals surface area contributed by atoms with Crippen molar-refractivity contribution in [2.45, 2.75) is 12.1 Å². The highest BCUT2D eigenvalue weighted by Crippen LogP contribution is 2.33. The third-order valence-electron chi connectivity index (χ3n) is 1.84. The van der Waals surface area contributed by atoms with Gasteiger partial charge in [0.2, 0.25) is 0 Å². The molecule has 3 nitrogen and oxygen atoms in total. The van der Waals surface area contributed by atoms with Crippen LogP contribution in [-0.4, -0.2) is 22.3 Å². The third-order valence-corrected chi connectivity index (χ3v) is 1.84. The fourth-order valence-electron chi connectivity index (χ4n) is 1.13. The van der Waals surface area contributed by atoms with Gasteiger partial charge in [0, 0.05) is 19.8 Å². The summed E-state index contributed by atoms with van der Waals surface area (Å²) in [4.78, 5) is 3.61. The standard InChI is InChI=1S/C7H10F3N3/c1-13-4-12-3-6(13)5(2-11)7(8,9)10/h3-5H,2,11H2,1H3. The van der Waals surface area contributed by atoms with E-state index in [0.717, 1.165) is 0 Å². The van der Waals surface area contributed by atoms with Crippen LogP contribution in [-0.2, 0) is 7.05 Å². The highest BCUT2D eigenvalue weighted by Gasteiger charge is 2.41.